The average molecular weight is 338 g/mol. The largest absolute Gasteiger partial charge is 0.478 e. The van der Waals surface area contributed by atoms with E-state index in [9.17, 15) is 14.7 Å². The van der Waals surface area contributed by atoms with Crippen molar-refractivity contribution >= 4 is 23.3 Å². The Morgan fingerprint density at radius 2 is 1.68 bits per heavy atom. The van der Waals surface area contributed by atoms with Crippen molar-refractivity contribution in [3.8, 4) is 0 Å². The minimum Gasteiger partial charge on any atom is -0.478 e. The van der Waals surface area contributed by atoms with Crippen LogP contribution >= 0.6 is 0 Å². The van der Waals surface area contributed by atoms with E-state index in [0.29, 0.717) is 16.9 Å². The first kappa shape index (κ1) is 17.0. The maximum Gasteiger partial charge on any atom is 0.335 e. The second kappa shape index (κ2) is 7.83. The summed E-state index contributed by atoms with van der Waals surface area (Å²) >= 11 is 0. The molecular formula is C20H22N2O3. The number of carboxylic acids is 1. The molecule has 0 saturated heterocycles. The van der Waals surface area contributed by atoms with Crippen molar-refractivity contribution in [1.29, 1.82) is 0 Å². The van der Waals surface area contributed by atoms with Gasteiger partial charge in [-0.25, -0.2) is 4.79 Å². The third kappa shape index (κ3) is 4.38. The molecule has 25 heavy (non-hydrogen) atoms. The summed E-state index contributed by atoms with van der Waals surface area (Å²) in [5.74, 6) is -1.25. The number of hydrogen-bond acceptors (Lipinski definition) is 3. The monoisotopic (exact) mass is 338 g/mol. The molecule has 3 rings (SSSR count). The predicted molar refractivity (Wildman–Crippen MR) is 98.3 cm³/mol. The van der Waals surface area contributed by atoms with Crippen LogP contribution in [0, 0.1) is 0 Å². The molecule has 0 unspecified atom stereocenters. The summed E-state index contributed by atoms with van der Waals surface area (Å²) in [4.78, 5) is 23.9. The average Bonchev–Trinajstić information content (AvgIpc) is 2.63. The van der Waals surface area contributed by atoms with Gasteiger partial charge in [0.05, 0.1) is 11.1 Å². The van der Waals surface area contributed by atoms with Crippen LogP contribution in [0.5, 0.6) is 0 Å². The van der Waals surface area contributed by atoms with Gasteiger partial charge in [0.2, 0.25) is 0 Å². The molecule has 2 aromatic rings. The van der Waals surface area contributed by atoms with Gasteiger partial charge in [0.15, 0.2) is 0 Å². The van der Waals surface area contributed by atoms with Crippen LogP contribution in [0.1, 0.15) is 52.8 Å². The number of amides is 1. The van der Waals surface area contributed by atoms with E-state index in [-0.39, 0.29) is 17.5 Å². The minimum absolute atomic E-state index is 0.176. The van der Waals surface area contributed by atoms with Crippen LogP contribution in [0.3, 0.4) is 0 Å². The maximum atomic E-state index is 12.7. The normalized spacial score (nSPS) is 14.7. The van der Waals surface area contributed by atoms with Gasteiger partial charge in [-0.3, -0.25) is 4.79 Å². The number of aromatic carboxylic acids is 1. The summed E-state index contributed by atoms with van der Waals surface area (Å²) in [5.41, 5.74) is 1.92. The van der Waals surface area contributed by atoms with E-state index in [1.165, 1.54) is 12.5 Å². The van der Waals surface area contributed by atoms with Gasteiger partial charge in [-0.1, -0.05) is 37.5 Å². The smallest absolute Gasteiger partial charge is 0.335 e. The van der Waals surface area contributed by atoms with Crippen molar-refractivity contribution in [3.05, 3.63) is 59.7 Å². The number of carbonyl (C=O) groups is 2. The number of benzene rings is 2. The van der Waals surface area contributed by atoms with Gasteiger partial charge in [-0.05, 0) is 43.2 Å². The summed E-state index contributed by atoms with van der Waals surface area (Å²) in [6.07, 6.45) is 5.62. The third-order valence-corrected chi connectivity index (χ3v) is 4.51. The highest BCUT2D eigenvalue weighted by molar-refractivity contribution is 6.08. The molecule has 5 heteroatoms. The molecule has 1 aliphatic carbocycles. The number of nitrogens with one attached hydrogen (secondary N) is 2. The Balaban J connectivity index is 1.85. The lowest BCUT2D eigenvalue weighted by Gasteiger charge is -2.25. The van der Waals surface area contributed by atoms with Crippen LogP contribution in [0.15, 0.2) is 48.5 Å². The van der Waals surface area contributed by atoms with Crippen molar-refractivity contribution in [1.82, 2.24) is 0 Å². The molecule has 0 spiro atoms. The molecule has 2 aromatic carbocycles. The van der Waals surface area contributed by atoms with E-state index in [2.05, 4.69) is 10.6 Å². The molecular weight excluding hydrogens is 316 g/mol. The Kier molecular flexibility index (Phi) is 5.33. The number of carbonyl (C=O) groups excluding carboxylic acids is 1. The predicted octanol–water partition coefficient (Wildman–Crippen LogP) is 4.38. The minimum atomic E-state index is -0.998. The number of rotatable bonds is 5. The highest BCUT2D eigenvalue weighted by atomic mass is 16.4. The van der Waals surface area contributed by atoms with Crippen LogP contribution in [0.2, 0.25) is 0 Å². The van der Waals surface area contributed by atoms with Crippen molar-refractivity contribution in [2.45, 2.75) is 38.1 Å². The van der Waals surface area contributed by atoms with Gasteiger partial charge < -0.3 is 15.7 Å². The van der Waals surface area contributed by atoms with Gasteiger partial charge >= 0.3 is 5.97 Å². The molecule has 0 bridgehead atoms. The van der Waals surface area contributed by atoms with Crippen LogP contribution in [0.4, 0.5) is 11.4 Å². The zero-order valence-electron chi connectivity index (χ0n) is 14.0. The lowest BCUT2D eigenvalue weighted by Crippen LogP contribution is -2.24. The van der Waals surface area contributed by atoms with Crippen LogP contribution in [0.25, 0.3) is 0 Å². The Morgan fingerprint density at radius 3 is 2.36 bits per heavy atom. The molecule has 1 aliphatic rings. The van der Waals surface area contributed by atoms with Crippen molar-refractivity contribution < 1.29 is 14.7 Å². The number of para-hydroxylation sites is 1. The van der Waals surface area contributed by atoms with E-state index < -0.39 is 5.97 Å². The lowest BCUT2D eigenvalue weighted by atomic mass is 9.94. The van der Waals surface area contributed by atoms with Crippen LogP contribution < -0.4 is 10.6 Å². The van der Waals surface area contributed by atoms with E-state index in [1.54, 1.807) is 12.1 Å². The van der Waals surface area contributed by atoms with Crippen molar-refractivity contribution in [3.63, 3.8) is 0 Å². The van der Waals surface area contributed by atoms with Gasteiger partial charge in [0.1, 0.15) is 0 Å². The van der Waals surface area contributed by atoms with Gasteiger partial charge in [-0.15, -0.1) is 0 Å². The molecule has 0 aliphatic heterocycles. The Labute approximate surface area is 147 Å². The van der Waals surface area contributed by atoms with Gasteiger partial charge in [0.25, 0.3) is 5.91 Å². The number of carboxylic acid groups (broad SMARTS) is 1. The standard InChI is InChI=1S/C20H22N2O3/c23-19(22-16-9-5-2-6-10-16)17-12-11-14(20(24)25)13-18(17)21-15-7-3-1-4-8-15/h2,5-6,9-13,15,21H,1,3-4,7-8H2,(H,22,23)(H,24,25). The SMILES string of the molecule is O=C(O)c1ccc(C(=O)Nc2ccccc2)c(NC2CCCCC2)c1. The fraction of sp³-hybridized carbons (Fsp3) is 0.300. The molecule has 130 valence electrons. The summed E-state index contributed by atoms with van der Waals surface area (Å²) in [6, 6.07) is 14.1. The fourth-order valence-corrected chi connectivity index (χ4v) is 3.18. The second-order valence-electron chi connectivity index (χ2n) is 6.36. The van der Waals surface area contributed by atoms with Crippen LogP contribution in [-0.4, -0.2) is 23.0 Å². The van der Waals surface area contributed by atoms with Crippen molar-refractivity contribution in [2.24, 2.45) is 0 Å². The quantitative estimate of drug-likeness (QED) is 0.756. The first-order valence-corrected chi connectivity index (χ1v) is 8.64. The fourth-order valence-electron chi connectivity index (χ4n) is 3.18. The van der Waals surface area contributed by atoms with E-state index in [1.807, 2.05) is 30.3 Å². The molecule has 5 nitrogen and oxygen atoms in total. The van der Waals surface area contributed by atoms with E-state index in [4.69, 9.17) is 0 Å². The molecule has 0 heterocycles. The molecule has 3 N–H and O–H groups in total. The summed E-state index contributed by atoms with van der Waals surface area (Å²) in [7, 11) is 0. The topological polar surface area (TPSA) is 78.4 Å². The molecule has 0 radical (unpaired) electrons. The summed E-state index contributed by atoms with van der Waals surface area (Å²) < 4.78 is 0. The second-order valence-corrected chi connectivity index (χ2v) is 6.36. The van der Waals surface area contributed by atoms with Gasteiger partial charge in [-0.2, -0.15) is 0 Å². The molecule has 0 atom stereocenters. The zero-order chi connectivity index (χ0) is 17.6. The Hall–Kier alpha value is -2.82. The first-order chi connectivity index (χ1) is 12.1. The van der Waals surface area contributed by atoms with Gasteiger partial charge in [0, 0.05) is 17.4 Å². The lowest BCUT2D eigenvalue weighted by molar-refractivity contribution is 0.0696. The molecule has 1 saturated carbocycles. The van der Waals surface area contributed by atoms with Crippen LogP contribution in [-0.2, 0) is 0 Å². The highest BCUT2D eigenvalue weighted by Crippen LogP contribution is 2.25. The maximum absolute atomic E-state index is 12.7. The summed E-state index contributed by atoms with van der Waals surface area (Å²) in [5, 5.41) is 15.5. The number of hydrogen-bond donors (Lipinski definition) is 3. The molecule has 1 fully saturated rings. The molecule has 0 aromatic heterocycles. The number of anilines is 2. The highest BCUT2D eigenvalue weighted by Gasteiger charge is 2.19. The Bertz CT molecular complexity index is 753. The Morgan fingerprint density at radius 1 is 0.960 bits per heavy atom. The van der Waals surface area contributed by atoms with E-state index in [0.717, 1.165) is 25.7 Å². The van der Waals surface area contributed by atoms with Crippen molar-refractivity contribution in [2.75, 3.05) is 10.6 Å². The third-order valence-electron chi connectivity index (χ3n) is 4.51. The first-order valence-electron chi connectivity index (χ1n) is 8.64. The van der Waals surface area contributed by atoms with E-state index >= 15 is 0 Å². The summed E-state index contributed by atoms with van der Waals surface area (Å²) in [6.45, 7) is 0. The molecule has 1 amide bonds. The zero-order valence-corrected chi connectivity index (χ0v) is 14.0.